The van der Waals surface area contributed by atoms with Gasteiger partial charge in [-0.05, 0) is 18.6 Å². The summed E-state index contributed by atoms with van der Waals surface area (Å²) in [6.07, 6.45) is 0. The Hall–Kier alpha value is -1.24. The van der Waals surface area contributed by atoms with Crippen molar-refractivity contribution < 1.29 is 0 Å². The molecular weight excluding hydrogens is 170 g/mol. The number of nitrogens with zero attached hydrogens (tertiary/aromatic N) is 1. The van der Waals surface area contributed by atoms with Crippen LogP contribution in [0.5, 0.6) is 0 Å². The Morgan fingerprint density at radius 3 is 2.00 bits per heavy atom. The fourth-order valence-electron chi connectivity index (χ4n) is 1.22. The van der Waals surface area contributed by atoms with Crippen LogP contribution in [0.1, 0.15) is 26.3 Å². The van der Waals surface area contributed by atoms with E-state index in [1.54, 1.807) is 0 Å². The van der Waals surface area contributed by atoms with Gasteiger partial charge in [0.2, 0.25) is 0 Å². The zero-order valence-corrected chi connectivity index (χ0v) is 9.96. The minimum absolute atomic E-state index is 1.11. The van der Waals surface area contributed by atoms with Gasteiger partial charge in [-0.3, -0.25) is 0 Å². The highest BCUT2D eigenvalue weighted by Crippen LogP contribution is 2.23. The molecule has 0 heterocycles. The van der Waals surface area contributed by atoms with E-state index in [0.717, 1.165) is 5.57 Å². The molecule has 0 atom stereocenters. The first-order chi connectivity index (χ1) is 6.63. The Kier molecular flexibility index (Phi) is 5.70. The van der Waals surface area contributed by atoms with Crippen molar-refractivity contribution in [2.24, 2.45) is 0 Å². The molecule has 1 heteroatoms. The van der Waals surface area contributed by atoms with Crippen molar-refractivity contribution >= 4 is 11.3 Å². The lowest BCUT2D eigenvalue weighted by atomic mass is 10.1. The van der Waals surface area contributed by atoms with Gasteiger partial charge in [0.1, 0.15) is 0 Å². The minimum Gasteiger partial charge on any atom is -0.377 e. The van der Waals surface area contributed by atoms with Crippen LogP contribution in [0.25, 0.3) is 5.57 Å². The van der Waals surface area contributed by atoms with Crippen LogP contribution in [-0.4, -0.2) is 14.1 Å². The predicted octanol–water partition coefficient (Wildman–Crippen LogP) is 3.81. The molecule has 0 fully saturated rings. The predicted molar refractivity (Wildman–Crippen MR) is 66.8 cm³/mol. The van der Waals surface area contributed by atoms with E-state index in [-0.39, 0.29) is 0 Å². The first-order valence-electron chi connectivity index (χ1n) is 5.05. The van der Waals surface area contributed by atoms with Gasteiger partial charge in [-0.15, -0.1) is 0 Å². The van der Waals surface area contributed by atoms with Crippen molar-refractivity contribution in [3.05, 3.63) is 36.4 Å². The molecule has 0 aromatic heterocycles. The maximum Gasteiger partial charge on any atom is 0.0437 e. The van der Waals surface area contributed by atoms with E-state index in [2.05, 4.69) is 23.6 Å². The second kappa shape index (κ2) is 6.25. The zero-order valence-electron chi connectivity index (χ0n) is 9.96. The van der Waals surface area contributed by atoms with Crippen LogP contribution in [0.3, 0.4) is 0 Å². The molecule has 0 N–H and O–H groups in total. The summed E-state index contributed by atoms with van der Waals surface area (Å²) in [5.41, 5.74) is 3.56. The van der Waals surface area contributed by atoms with Crippen LogP contribution in [-0.2, 0) is 0 Å². The van der Waals surface area contributed by atoms with Crippen LogP contribution in [0.15, 0.2) is 30.8 Å². The molecule has 0 saturated heterocycles. The summed E-state index contributed by atoms with van der Waals surface area (Å²) in [5.74, 6) is 0. The third-order valence-corrected chi connectivity index (χ3v) is 1.85. The fraction of sp³-hybridized carbons (Fsp3) is 0.385. The van der Waals surface area contributed by atoms with Gasteiger partial charge in [0.05, 0.1) is 0 Å². The second-order valence-electron chi connectivity index (χ2n) is 3.19. The largest absolute Gasteiger partial charge is 0.377 e. The summed E-state index contributed by atoms with van der Waals surface area (Å²) in [6.45, 7) is 9.97. The Bertz CT molecular complexity index is 287. The Balaban J connectivity index is 0.000000791. The second-order valence-corrected chi connectivity index (χ2v) is 3.19. The number of para-hydroxylation sites is 1. The van der Waals surface area contributed by atoms with E-state index in [1.165, 1.54) is 11.3 Å². The molecule has 1 aromatic carbocycles. The lowest BCUT2D eigenvalue weighted by molar-refractivity contribution is 1.13. The molecule has 0 radical (unpaired) electrons. The summed E-state index contributed by atoms with van der Waals surface area (Å²) in [7, 11) is 4.09. The molecule has 0 spiro atoms. The first kappa shape index (κ1) is 12.8. The highest BCUT2D eigenvalue weighted by molar-refractivity contribution is 5.74. The normalized spacial score (nSPS) is 8.64. The maximum absolute atomic E-state index is 3.94. The van der Waals surface area contributed by atoms with Crippen LogP contribution >= 0.6 is 0 Å². The van der Waals surface area contributed by atoms with E-state index in [0.29, 0.717) is 0 Å². The first-order valence-corrected chi connectivity index (χ1v) is 5.05. The van der Waals surface area contributed by atoms with Gasteiger partial charge >= 0.3 is 0 Å². The molecule has 0 saturated carbocycles. The fourth-order valence-corrected chi connectivity index (χ4v) is 1.22. The Labute approximate surface area is 88.1 Å². The molecule has 0 bridgehead atoms. The van der Waals surface area contributed by atoms with Gasteiger partial charge < -0.3 is 4.90 Å². The number of benzene rings is 1. The van der Waals surface area contributed by atoms with Crippen LogP contribution in [0.4, 0.5) is 5.69 Å². The van der Waals surface area contributed by atoms with Crippen LogP contribution in [0.2, 0.25) is 0 Å². The van der Waals surface area contributed by atoms with Crippen molar-refractivity contribution in [2.75, 3.05) is 19.0 Å². The minimum atomic E-state index is 1.11. The molecule has 0 amide bonds. The zero-order chi connectivity index (χ0) is 11.1. The third kappa shape index (κ3) is 3.25. The number of rotatable bonds is 2. The number of hydrogen-bond donors (Lipinski definition) is 0. The highest BCUT2D eigenvalue weighted by Gasteiger charge is 2.02. The van der Waals surface area contributed by atoms with Gasteiger partial charge in [-0.1, -0.05) is 38.6 Å². The van der Waals surface area contributed by atoms with Crippen molar-refractivity contribution in [3.63, 3.8) is 0 Å². The summed E-state index contributed by atoms with van der Waals surface area (Å²) >= 11 is 0. The molecule has 0 aliphatic carbocycles. The van der Waals surface area contributed by atoms with Gasteiger partial charge in [-0.2, -0.15) is 0 Å². The number of anilines is 1. The number of allylic oxidation sites excluding steroid dienone is 1. The quantitative estimate of drug-likeness (QED) is 0.687. The molecule has 78 valence electrons. The van der Waals surface area contributed by atoms with Gasteiger partial charge in [0, 0.05) is 25.3 Å². The van der Waals surface area contributed by atoms with Crippen molar-refractivity contribution in [1.29, 1.82) is 0 Å². The van der Waals surface area contributed by atoms with E-state index in [1.807, 2.05) is 47.0 Å². The van der Waals surface area contributed by atoms with Crippen LogP contribution in [0, 0.1) is 0 Å². The van der Waals surface area contributed by atoms with Crippen molar-refractivity contribution in [1.82, 2.24) is 0 Å². The molecule has 0 aliphatic heterocycles. The highest BCUT2D eigenvalue weighted by atomic mass is 15.1. The summed E-state index contributed by atoms with van der Waals surface area (Å²) in [4.78, 5) is 2.10. The average molecular weight is 191 g/mol. The monoisotopic (exact) mass is 191 g/mol. The standard InChI is InChI=1S/C11H15N.C2H6/c1-9(2)10-7-5-6-8-11(10)12(3)4;1-2/h5-8H,1H2,2-4H3;1-2H3. The van der Waals surface area contributed by atoms with Crippen molar-refractivity contribution in [2.45, 2.75) is 20.8 Å². The van der Waals surface area contributed by atoms with Gasteiger partial charge in [-0.25, -0.2) is 0 Å². The smallest absolute Gasteiger partial charge is 0.0437 e. The topological polar surface area (TPSA) is 3.24 Å². The SMILES string of the molecule is C=C(C)c1ccccc1N(C)C.CC. The Morgan fingerprint density at radius 1 is 1.14 bits per heavy atom. The summed E-state index contributed by atoms with van der Waals surface area (Å²) in [5, 5.41) is 0. The average Bonchev–Trinajstić information content (AvgIpc) is 2.20. The van der Waals surface area contributed by atoms with Crippen LogP contribution < -0.4 is 4.90 Å². The lowest BCUT2D eigenvalue weighted by Gasteiger charge is -2.16. The summed E-state index contributed by atoms with van der Waals surface area (Å²) in [6, 6.07) is 8.28. The Morgan fingerprint density at radius 2 is 1.64 bits per heavy atom. The lowest BCUT2D eigenvalue weighted by Crippen LogP contribution is -2.10. The molecule has 1 nitrogen and oxygen atoms in total. The summed E-state index contributed by atoms with van der Waals surface area (Å²) < 4.78 is 0. The molecule has 0 aliphatic rings. The van der Waals surface area contributed by atoms with Crippen molar-refractivity contribution in [3.8, 4) is 0 Å². The van der Waals surface area contributed by atoms with Gasteiger partial charge in [0.15, 0.2) is 0 Å². The molecule has 0 unspecified atom stereocenters. The molecule has 1 aromatic rings. The third-order valence-electron chi connectivity index (χ3n) is 1.85. The van der Waals surface area contributed by atoms with E-state index >= 15 is 0 Å². The van der Waals surface area contributed by atoms with E-state index < -0.39 is 0 Å². The molecule has 1 rings (SSSR count). The van der Waals surface area contributed by atoms with Gasteiger partial charge in [0.25, 0.3) is 0 Å². The molecular formula is C13H21N. The maximum atomic E-state index is 3.94. The van der Waals surface area contributed by atoms with E-state index in [4.69, 9.17) is 0 Å². The molecule has 14 heavy (non-hydrogen) atoms. The van der Waals surface area contributed by atoms with E-state index in [9.17, 15) is 0 Å². The number of hydrogen-bond acceptors (Lipinski definition) is 1.